The highest BCUT2D eigenvalue weighted by Crippen LogP contribution is 2.46. The molecule has 2 rings (SSSR count). The van der Waals surface area contributed by atoms with Gasteiger partial charge in [-0.15, -0.1) is 0 Å². The number of hydrogen-bond acceptors (Lipinski definition) is 2. The van der Waals surface area contributed by atoms with Crippen LogP contribution in [-0.4, -0.2) is 10.1 Å². The molecule has 1 aromatic rings. The van der Waals surface area contributed by atoms with E-state index >= 15 is 0 Å². The number of nitrogens with zero attached hydrogens (tertiary/aromatic N) is 1. The van der Waals surface area contributed by atoms with Crippen LogP contribution in [0.5, 0.6) is 0 Å². The van der Waals surface area contributed by atoms with E-state index in [4.69, 9.17) is 0 Å². The van der Waals surface area contributed by atoms with E-state index in [2.05, 4.69) is 25.8 Å². The monoisotopic (exact) mass is 233 g/mol. The number of aromatic nitrogens is 1. The van der Waals surface area contributed by atoms with Gasteiger partial charge < -0.3 is 5.11 Å². The fourth-order valence-corrected chi connectivity index (χ4v) is 3.29. The van der Waals surface area contributed by atoms with Gasteiger partial charge in [0.05, 0.1) is 5.69 Å². The van der Waals surface area contributed by atoms with Crippen LogP contribution in [0.3, 0.4) is 0 Å². The standard InChI is InChI=1S/C15H23NO/c1-11(2)13-8-7-12(3)10-15(13,17)14-6-4-5-9-16-14/h4-6,9,11-13,17H,7-8,10H2,1-3H3/t12-,13+,15-/m1/s1. The molecule has 1 saturated carbocycles. The molecule has 0 bridgehead atoms. The third-order valence-electron chi connectivity index (χ3n) is 4.16. The number of pyridine rings is 1. The van der Waals surface area contributed by atoms with Gasteiger partial charge in [0.2, 0.25) is 0 Å². The Morgan fingerprint density at radius 2 is 2.12 bits per heavy atom. The minimum Gasteiger partial charge on any atom is -0.383 e. The van der Waals surface area contributed by atoms with Crippen molar-refractivity contribution < 1.29 is 5.11 Å². The lowest BCUT2D eigenvalue weighted by Crippen LogP contribution is -2.43. The second kappa shape index (κ2) is 4.77. The molecule has 1 aliphatic carbocycles. The van der Waals surface area contributed by atoms with Crippen molar-refractivity contribution >= 4 is 0 Å². The Balaban J connectivity index is 2.36. The molecule has 0 saturated heterocycles. The fraction of sp³-hybridized carbons (Fsp3) is 0.667. The SMILES string of the molecule is CC(C)[C@@H]1CC[C@@H](C)C[C@]1(O)c1ccccn1. The lowest BCUT2D eigenvalue weighted by Gasteiger charge is -2.44. The molecule has 3 atom stereocenters. The second-order valence-corrected chi connectivity index (χ2v) is 5.88. The van der Waals surface area contributed by atoms with Crippen molar-refractivity contribution in [1.29, 1.82) is 0 Å². The predicted octanol–water partition coefficient (Wildman–Crippen LogP) is 3.36. The van der Waals surface area contributed by atoms with Gasteiger partial charge in [-0.05, 0) is 42.7 Å². The quantitative estimate of drug-likeness (QED) is 0.849. The van der Waals surface area contributed by atoms with Gasteiger partial charge in [-0.25, -0.2) is 0 Å². The maximum Gasteiger partial charge on any atom is 0.110 e. The van der Waals surface area contributed by atoms with Gasteiger partial charge in [0.15, 0.2) is 0 Å². The Bertz CT molecular complexity index is 362. The Morgan fingerprint density at radius 3 is 2.71 bits per heavy atom. The van der Waals surface area contributed by atoms with Gasteiger partial charge in [0.25, 0.3) is 0 Å². The van der Waals surface area contributed by atoms with Crippen LogP contribution in [0.15, 0.2) is 24.4 Å². The first-order chi connectivity index (χ1) is 8.04. The minimum absolute atomic E-state index is 0.327. The molecule has 0 unspecified atom stereocenters. The molecule has 2 heteroatoms. The lowest BCUT2D eigenvalue weighted by molar-refractivity contribution is -0.0897. The third-order valence-corrected chi connectivity index (χ3v) is 4.16. The summed E-state index contributed by atoms with van der Waals surface area (Å²) in [5.74, 6) is 1.40. The zero-order valence-corrected chi connectivity index (χ0v) is 11.1. The van der Waals surface area contributed by atoms with E-state index in [0.29, 0.717) is 17.8 Å². The van der Waals surface area contributed by atoms with Crippen molar-refractivity contribution in [2.24, 2.45) is 17.8 Å². The summed E-state index contributed by atoms with van der Waals surface area (Å²) in [6.45, 7) is 6.63. The molecule has 0 amide bonds. The van der Waals surface area contributed by atoms with E-state index in [1.54, 1.807) is 6.20 Å². The summed E-state index contributed by atoms with van der Waals surface area (Å²) in [5, 5.41) is 11.1. The van der Waals surface area contributed by atoms with Crippen molar-refractivity contribution in [3.63, 3.8) is 0 Å². The van der Waals surface area contributed by atoms with Gasteiger partial charge in [0.1, 0.15) is 5.60 Å². The molecule has 0 radical (unpaired) electrons. The molecule has 94 valence electrons. The van der Waals surface area contributed by atoms with Crippen LogP contribution in [0.25, 0.3) is 0 Å². The molecule has 1 aliphatic rings. The highest BCUT2D eigenvalue weighted by atomic mass is 16.3. The number of hydrogen-bond donors (Lipinski definition) is 1. The summed E-state index contributed by atoms with van der Waals surface area (Å²) in [7, 11) is 0. The lowest BCUT2D eigenvalue weighted by atomic mass is 9.65. The summed E-state index contributed by atoms with van der Waals surface area (Å²) in [6.07, 6.45) is 4.95. The van der Waals surface area contributed by atoms with Crippen LogP contribution in [0.2, 0.25) is 0 Å². The van der Waals surface area contributed by atoms with Crippen molar-refractivity contribution in [3.8, 4) is 0 Å². The molecule has 1 heterocycles. The van der Waals surface area contributed by atoms with Crippen LogP contribution >= 0.6 is 0 Å². The zero-order valence-electron chi connectivity index (χ0n) is 11.1. The summed E-state index contributed by atoms with van der Waals surface area (Å²) in [4.78, 5) is 4.39. The minimum atomic E-state index is -0.729. The van der Waals surface area contributed by atoms with Gasteiger partial charge in [-0.1, -0.05) is 33.3 Å². The molecule has 1 N–H and O–H groups in total. The van der Waals surface area contributed by atoms with E-state index in [9.17, 15) is 5.11 Å². The van der Waals surface area contributed by atoms with Crippen molar-refractivity contribution in [2.75, 3.05) is 0 Å². The van der Waals surface area contributed by atoms with Gasteiger partial charge in [-0.2, -0.15) is 0 Å². The number of aliphatic hydroxyl groups is 1. The van der Waals surface area contributed by atoms with E-state index in [0.717, 1.165) is 18.5 Å². The van der Waals surface area contributed by atoms with Gasteiger partial charge in [-0.3, -0.25) is 4.98 Å². The first kappa shape index (κ1) is 12.6. The normalized spacial score (nSPS) is 33.9. The molecule has 2 nitrogen and oxygen atoms in total. The molecule has 1 fully saturated rings. The first-order valence-electron chi connectivity index (χ1n) is 6.68. The van der Waals surface area contributed by atoms with E-state index in [-0.39, 0.29) is 0 Å². The second-order valence-electron chi connectivity index (χ2n) is 5.88. The van der Waals surface area contributed by atoms with E-state index in [1.807, 2.05) is 18.2 Å². The summed E-state index contributed by atoms with van der Waals surface area (Å²) < 4.78 is 0. The van der Waals surface area contributed by atoms with Crippen LogP contribution in [0.1, 0.15) is 45.7 Å². The molecular formula is C15H23NO. The summed E-state index contributed by atoms with van der Waals surface area (Å²) in [6, 6.07) is 5.84. The largest absolute Gasteiger partial charge is 0.383 e. The molecule has 0 aliphatic heterocycles. The first-order valence-corrected chi connectivity index (χ1v) is 6.68. The topological polar surface area (TPSA) is 33.1 Å². The average molecular weight is 233 g/mol. The maximum absolute atomic E-state index is 11.1. The number of rotatable bonds is 2. The predicted molar refractivity (Wildman–Crippen MR) is 69.5 cm³/mol. The van der Waals surface area contributed by atoms with Crippen LogP contribution in [0, 0.1) is 17.8 Å². The Labute approximate surface area is 104 Å². The van der Waals surface area contributed by atoms with Crippen molar-refractivity contribution in [2.45, 2.75) is 45.6 Å². The van der Waals surface area contributed by atoms with Crippen molar-refractivity contribution in [1.82, 2.24) is 4.98 Å². The Kier molecular flexibility index (Phi) is 3.53. The Hall–Kier alpha value is -0.890. The van der Waals surface area contributed by atoms with Crippen LogP contribution < -0.4 is 0 Å². The van der Waals surface area contributed by atoms with Crippen molar-refractivity contribution in [3.05, 3.63) is 30.1 Å². The maximum atomic E-state index is 11.1. The molecule has 17 heavy (non-hydrogen) atoms. The van der Waals surface area contributed by atoms with Crippen LogP contribution in [0.4, 0.5) is 0 Å². The molecular weight excluding hydrogens is 210 g/mol. The molecule has 1 aromatic heterocycles. The van der Waals surface area contributed by atoms with Gasteiger partial charge >= 0.3 is 0 Å². The molecule has 0 aromatic carbocycles. The fourth-order valence-electron chi connectivity index (χ4n) is 3.29. The van der Waals surface area contributed by atoms with E-state index in [1.165, 1.54) is 6.42 Å². The summed E-state index contributed by atoms with van der Waals surface area (Å²) in [5.41, 5.74) is 0.123. The summed E-state index contributed by atoms with van der Waals surface area (Å²) >= 11 is 0. The third kappa shape index (κ3) is 2.37. The highest BCUT2D eigenvalue weighted by molar-refractivity contribution is 5.16. The average Bonchev–Trinajstić information content (AvgIpc) is 2.29. The smallest absolute Gasteiger partial charge is 0.110 e. The Morgan fingerprint density at radius 1 is 1.35 bits per heavy atom. The zero-order chi connectivity index (χ0) is 12.5. The van der Waals surface area contributed by atoms with Crippen LogP contribution in [-0.2, 0) is 5.60 Å². The van der Waals surface area contributed by atoms with Gasteiger partial charge in [0, 0.05) is 6.20 Å². The highest BCUT2D eigenvalue weighted by Gasteiger charge is 2.44. The molecule has 0 spiro atoms. The van der Waals surface area contributed by atoms with E-state index < -0.39 is 5.60 Å².